The molecule has 1 unspecified atom stereocenters. The van der Waals surface area contributed by atoms with E-state index in [1.165, 1.54) is 17.0 Å². The Morgan fingerprint density at radius 1 is 1.10 bits per heavy atom. The molecule has 0 radical (unpaired) electrons. The lowest BCUT2D eigenvalue weighted by Crippen LogP contribution is -2.48. The van der Waals surface area contributed by atoms with Gasteiger partial charge in [0, 0.05) is 36.8 Å². The number of carbonyl (C=O) groups is 2. The molecule has 0 bridgehead atoms. The molecule has 31 heavy (non-hydrogen) atoms. The van der Waals surface area contributed by atoms with Crippen LogP contribution in [-0.2, 0) is 20.7 Å². The lowest BCUT2D eigenvalue weighted by atomic mass is 10.1. The van der Waals surface area contributed by atoms with Crippen LogP contribution in [0.1, 0.15) is 23.7 Å². The van der Waals surface area contributed by atoms with E-state index >= 15 is 0 Å². The minimum atomic E-state index is -0.483. The Morgan fingerprint density at radius 2 is 1.81 bits per heavy atom. The molecule has 2 aromatic carbocycles. The van der Waals surface area contributed by atoms with Crippen molar-refractivity contribution in [3.05, 3.63) is 74.8 Å². The lowest BCUT2D eigenvalue weighted by Gasteiger charge is -2.35. The average molecular weight is 444 g/mol. The molecular weight excluding hydrogens is 422 g/mol. The number of likely N-dealkylation sites (tertiary alicyclic amines) is 1. The van der Waals surface area contributed by atoms with Crippen LogP contribution in [0.25, 0.3) is 0 Å². The summed E-state index contributed by atoms with van der Waals surface area (Å²) in [5.74, 6) is -0.380. The highest BCUT2D eigenvalue weighted by Crippen LogP contribution is 2.28. The van der Waals surface area contributed by atoms with Crippen molar-refractivity contribution >= 4 is 29.1 Å². The first-order valence-corrected chi connectivity index (χ1v) is 10.5. The number of nitro groups is 1. The van der Waals surface area contributed by atoms with Crippen LogP contribution in [0.15, 0.2) is 48.5 Å². The van der Waals surface area contributed by atoms with Gasteiger partial charge in [-0.25, -0.2) is 0 Å². The summed E-state index contributed by atoms with van der Waals surface area (Å²) in [6.07, 6.45) is 0.439. The maximum atomic E-state index is 13.0. The van der Waals surface area contributed by atoms with E-state index in [0.717, 1.165) is 11.1 Å². The van der Waals surface area contributed by atoms with Gasteiger partial charge in [-0.3, -0.25) is 29.5 Å². The van der Waals surface area contributed by atoms with Crippen LogP contribution >= 0.6 is 11.6 Å². The number of ether oxygens (including phenoxy) is 1. The van der Waals surface area contributed by atoms with Crippen molar-refractivity contribution in [2.24, 2.45) is 0 Å². The maximum Gasteiger partial charge on any atom is 0.269 e. The van der Waals surface area contributed by atoms with E-state index in [1.807, 2.05) is 29.2 Å². The Balaban J connectivity index is 1.38. The van der Waals surface area contributed by atoms with E-state index in [0.29, 0.717) is 31.1 Å². The van der Waals surface area contributed by atoms with Gasteiger partial charge < -0.3 is 4.74 Å². The first-order chi connectivity index (χ1) is 14.9. The average Bonchev–Trinajstić information content (AvgIpc) is 3.06. The van der Waals surface area contributed by atoms with E-state index < -0.39 is 11.0 Å². The van der Waals surface area contributed by atoms with Crippen molar-refractivity contribution in [3.8, 4) is 0 Å². The molecule has 2 atom stereocenters. The molecule has 0 aliphatic carbocycles. The number of morpholine rings is 1. The Morgan fingerprint density at radius 3 is 2.48 bits per heavy atom. The Labute approximate surface area is 184 Å². The van der Waals surface area contributed by atoms with Crippen LogP contribution in [0.5, 0.6) is 0 Å². The fraction of sp³-hybridized carbons (Fsp3) is 0.364. The number of non-ortho nitro benzene ring substituents is 1. The summed E-state index contributed by atoms with van der Waals surface area (Å²) in [5, 5.41) is 11.4. The number of nitro benzene ring substituents is 1. The van der Waals surface area contributed by atoms with Gasteiger partial charge in [0.05, 0.1) is 30.1 Å². The summed E-state index contributed by atoms with van der Waals surface area (Å²) in [5.41, 5.74) is 1.84. The highest BCUT2D eigenvalue weighted by Gasteiger charge is 2.43. The molecule has 8 nitrogen and oxygen atoms in total. The van der Waals surface area contributed by atoms with Crippen molar-refractivity contribution in [3.63, 3.8) is 0 Å². The standard InChI is InChI=1S/C22H22ClN3O5/c23-17-5-3-16(4-6-17)20-14-24(11-12-31-20)19-13-21(27)25(22(19)28)10-9-15-1-7-18(8-2-15)26(29)30/h1-8,19-20H,9-14H2/t19?,20-/m0/s1. The number of carbonyl (C=O) groups excluding carboxylic acids is 2. The van der Waals surface area contributed by atoms with E-state index in [-0.39, 0.29) is 36.6 Å². The van der Waals surface area contributed by atoms with Crippen molar-refractivity contribution in [1.82, 2.24) is 9.80 Å². The molecule has 0 aromatic heterocycles. The zero-order valence-electron chi connectivity index (χ0n) is 16.8. The van der Waals surface area contributed by atoms with E-state index in [4.69, 9.17) is 16.3 Å². The molecule has 2 aliphatic heterocycles. The highest BCUT2D eigenvalue weighted by molar-refractivity contribution is 6.30. The molecule has 2 aliphatic rings. The second kappa shape index (κ2) is 9.13. The van der Waals surface area contributed by atoms with Crippen LogP contribution in [0, 0.1) is 10.1 Å². The third-order valence-electron chi connectivity index (χ3n) is 5.77. The first-order valence-electron chi connectivity index (χ1n) is 10.1. The predicted molar refractivity (Wildman–Crippen MR) is 114 cm³/mol. The maximum absolute atomic E-state index is 13.0. The minimum Gasteiger partial charge on any atom is -0.371 e. The minimum absolute atomic E-state index is 0.0136. The van der Waals surface area contributed by atoms with Gasteiger partial charge in [-0.2, -0.15) is 0 Å². The van der Waals surface area contributed by atoms with E-state index in [1.54, 1.807) is 12.1 Å². The fourth-order valence-electron chi connectivity index (χ4n) is 4.04. The number of amides is 2. The monoisotopic (exact) mass is 443 g/mol. The Hall–Kier alpha value is -2.81. The number of rotatable bonds is 6. The lowest BCUT2D eigenvalue weighted by molar-refractivity contribution is -0.384. The second-order valence-electron chi connectivity index (χ2n) is 7.68. The summed E-state index contributed by atoms with van der Waals surface area (Å²) in [6.45, 7) is 1.86. The molecule has 9 heteroatoms. The quantitative estimate of drug-likeness (QED) is 0.387. The van der Waals surface area contributed by atoms with Gasteiger partial charge >= 0.3 is 0 Å². The van der Waals surface area contributed by atoms with E-state index in [9.17, 15) is 19.7 Å². The third kappa shape index (κ3) is 4.76. The number of nitrogens with zero attached hydrogens (tertiary/aromatic N) is 3. The number of hydrogen-bond donors (Lipinski definition) is 0. The molecular formula is C22H22ClN3O5. The first kappa shape index (κ1) is 21.4. The summed E-state index contributed by atoms with van der Waals surface area (Å²) in [7, 11) is 0. The SMILES string of the molecule is O=C1CC(N2CCO[C@H](c3ccc(Cl)cc3)C2)C(=O)N1CCc1ccc([N+](=O)[O-])cc1. The fourth-order valence-corrected chi connectivity index (χ4v) is 4.17. The summed E-state index contributed by atoms with van der Waals surface area (Å²) in [4.78, 5) is 39.2. The van der Waals surface area contributed by atoms with Crippen LogP contribution in [0.4, 0.5) is 5.69 Å². The van der Waals surface area contributed by atoms with Gasteiger partial charge in [-0.15, -0.1) is 0 Å². The normalized spacial score (nSPS) is 22.2. The van der Waals surface area contributed by atoms with Crippen LogP contribution in [-0.4, -0.2) is 58.8 Å². The molecule has 0 spiro atoms. The van der Waals surface area contributed by atoms with Gasteiger partial charge in [-0.1, -0.05) is 35.9 Å². The molecule has 162 valence electrons. The molecule has 0 N–H and O–H groups in total. The predicted octanol–water partition coefficient (Wildman–Crippen LogP) is 2.99. The summed E-state index contributed by atoms with van der Waals surface area (Å²) < 4.78 is 5.87. The zero-order valence-corrected chi connectivity index (χ0v) is 17.5. The van der Waals surface area contributed by atoms with Crippen LogP contribution in [0.3, 0.4) is 0 Å². The van der Waals surface area contributed by atoms with Crippen LogP contribution < -0.4 is 0 Å². The van der Waals surface area contributed by atoms with Gasteiger partial charge in [-0.05, 0) is 29.7 Å². The van der Waals surface area contributed by atoms with E-state index in [2.05, 4.69) is 0 Å². The molecule has 2 amide bonds. The molecule has 2 heterocycles. The van der Waals surface area contributed by atoms with Crippen molar-refractivity contribution in [1.29, 1.82) is 0 Å². The number of benzene rings is 2. The molecule has 4 rings (SSSR count). The number of imide groups is 1. The zero-order chi connectivity index (χ0) is 22.0. The van der Waals surface area contributed by atoms with Crippen LogP contribution in [0.2, 0.25) is 5.02 Å². The Kier molecular flexibility index (Phi) is 6.31. The Bertz CT molecular complexity index is 980. The van der Waals surface area contributed by atoms with Crippen molar-refractivity contribution in [2.45, 2.75) is 25.0 Å². The van der Waals surface area contributed by atoms with Gasteiger partial charge in [0.1, 0.15) is 0 Å². The smallest absolute Gasteiger partial charge is 0.269 e. The molecule has 2 fully saturated rings. The number of halogens is 1. The molecule has 0 saturated carbocycles. The van der Waals surface area contributed by atoms with Crippen molar-refractivity contribution < 1.29 is 19.2 Å². The summed E-state index contributed by atoms with van der Waals surface area (Å²) in [6, 6.07) is 13.1. The summed E-state index contributed by atoms with van der Waals surface area (Å²) >= 11 is 5.96. The second-order valence-corrected chi connectivity index (χ2v) is 8.12. The van der Waals surface area contributed by atoms with Gasteiger partial charge in [0.2, 0.25) is 11.8 Å². The number of hydrogen-bond acceptors (Lipinski definition) is 6. The molecule has 2 aromatic rings. The van der Waals surface area contributed by atoms with Gasteiger partial charge in [0.25, 0.3) is 5.69 Å². The largest absolute Gasteiger partial charge is 0.371 e. The van der Waals surface area contributed by atoms with Crippen molar-refractivity contribution in [2.75, 3.05) is 26.2 Å². The third-order valence-corrected chi connectivity index (χ3v) is 6.02. The highest BCUT2D eigenvalue weighted by atomic mass is 35.5. The van der Waals surface area contributed by atoms with Gasteiger partial charge in [0.15, 0.2) is 0 Å². The molecule has 2 saturated heterocycles. The topological polar surface area (TPSA) is 93.0 Å².